The summed E-state index contributed by atoms with van der Waals surface area (Å²) in [7, 11) is 0. The molecule has 0 bridgehead atoms. The molecule has 6 heteroatoms. The van der Waals surface area contributed by atoms with Crippen LogP contribution in [0.4, 0.5) is 0 Å². The number of hydrogen-bond acceptors (Lipinski definition) is 4. The van der Waals surface area contributed by atoms with E-state index in [9.17, 15) is 4.79 Å². The van der Waals surface area contributed by atoms with E-state index in [2.05, 4.69) is 20.2 Å². The minimum Gasteiger partial charge on any atom is -0.329 e. The second kappa shape index (κ2) is 5.63. The molecule has 3 rings (SSSR count). The van der Waals surface area contributed by atoms with Gasteiger partial charge in [-0.15, -0.1) is 5.10 Å². The minimum absolute atomic E-state index is 0.0996. The summed E-state index contributed by atoms with van der Waals surface area (Å²) in [5.74, 6) is 1.14. The van der Waals surface area contributed by atoms with Gasteiger partial charge in [-0.25, -0.2) is 4.98 Å². The molecule has 0 atom stereocenters. The van der Waals surface area contributed by atoms with Crippen molar-refractivity contribution in [3.63, 3.8) is 0 Å². The van der Waals surface area contributed by atoms with Crippen LogP contribution in [0.15, 0.2) is 24.5 Å². The summed E-state index contributed by atoms with van der Waals surface area (Å²) in [6, 6.07) is 4.17. The second-order valence-electron chi connectivity index (χ2n) is 5.72. The minimum atomic E-state index is -0.0996. The normalized spacial score (nSPS) is 14.4. The predicted octanol–water partition coefficient (Wildman–Crippen LogP) is 2.13. The number of rotatable bonds is 5. The zero-order valence-electron chi connectivity index (χ0n) is 12.3. The SMILES string of the molecule is CC(C)c1nc(C(=O)N(Cc2ccncc2)C2CC2)n[nH]1. The number of carbonyl (C=O) groups is 1. The van der Waals surface area contributed by atoms with Gasteiger partial charge in [0.05, 0.1) is 0 Å². The highest BCUT2D eigenvalue weighted by molar-refractivity contribution is 5.90. The molecule has 2 aromatic rings. The fourth-order valence-electron chi connectivity index (χ4n) is 2.19. The van der Waals surface area contributed by atoms with Crippen LogP contribution < -0.4 is 0 Å². The van der Waals surface area contributed by atoms with Gasteiger partial charge in [0.1, 0.15) is 5.82 Å². The standard InChI is InChI=1S/C15H19N5O/c1-10(2)13-17-14(19-18-13)15(21)20(12-3-4-12)9-11-5-7-16-8-6-11/h5-8,10,12H,3-4,9H2,1-2H3,(H,17,18,19). The van der Waals surface area contributed by atoms with Gasteiger partial charge in [0.25, 0.3) is 5.91 Å². The van der Waals surface area contributed by atoms with Gasteiger partial charge in [-0.1, -0.05) is 13.8 Å². The quantitative estimate of drug-likeness (QED) is 0.913. The van der Waals surface area contributed by atoms with Crippen molar-refractivity contribution in [1.29, 1.82) is 0 Å². The van der Waals surface area contributed by atoms with Crippen LogP contribution in [0.3, 0.4) is 0 Å². The van der Waals surface area contributed by atoms with E-state index < -0.39 is 0 Å². The monoisotopic (exact) mass is 285 g/mol. The van der Waals surface area contributed by atoms with Gasteiger partial charge in [0.2, 0.25) is 5.82 Å². The van der Waals surface area contributed by atoms with Crippen molar-refractivity contribution in [3.05, 3.63) is 41.7 Å². The number of hydrogen-bond donors (Lipinski definition) is 1. The smallest absolute Gasteiger partial charge is 0.294 e. The summed E-state index contributed by atoms with van der Waals surface area (Å²) in [6.07, 6.45) is 5.60. The highest BCUT2D eigenvalue weighted by atomic mass is 16.2. The van der Waals surface area contributed by atoms with Crippen molar-refractivity contribution < 1.29 is 4.79 Å². The Kier molecular flexibility index (Phi) is 3.68. The van der Waals surface area contributed by atoms with E-state index in [0.29, 0.717) is 12.6 Å². The Hall–Kier alpha value is -2.24. The third kappa shape index (κ3) is 3.09. The average molecular weight is 285 g/mol. The lowest BCUT2D eigenvalue weighted by Crippen LogP contribution is -2.33. The maximum atomic E-state index is 12.6. The van der Waals surface area contributed by atoms with Crippen LogP contribution in [0.25, 0.3) is 0 Å². The highest BCUT2D eigenvalue weighted by Crippen LogP contribution is 2.29. The number of aromatic amines is 1. The van der Waals surface area contributed by atoms with E-state index in [1.165, 1.54) is 0 Å². The van der Waals surface area contributed by atoms with Crippen LogP contribution >= 0.6 is 0 Å². The number of nitrogens with one attached hydrogen (secondary N) is 1. The van der Waals surface area contributed by atoms with E-state index >= 15 is 0 Å². The maximum Gasteiger partial charge on any atom is 0.294 e. The summed E-state index contributed by atoms with van der Waals surface area (Å²) in [4.78, 5) is 22.8. The second-order valence-corrected chi connectivity index (χ2v) is 5.72. The number of H-pyrrole nitrogens is 1. The molecule has 1 aliphatic carbocycles. The molecule has 1 N–H and O–H groups in total. The summed E-state index contributed by atoms with van der Waals surface area (Å²) >= 11 is 0. The third-order valence-electron chi connectivity index (χ3n) is 3.59. The first-order valence-corrected chi connectivity index (χ1v) is 7.27. The van der Waals surface area contributed by atoms with Gasteiger partial charge in [0, 0.05) is 30.9 Å². The van der Waals surface area contributed by atoms with Gasteiger partial charge in [-0.2, -0.15) is 0 Å². The van der Waals surface area contributed by atoms with Gasteiger partial charge in [-0.05, 0) is 30.5 Å². The van der Waals surface area contributed by atoms with E-state index in [1.807, 2.05) is 30.9 Å². The number of carbonyl (C=O) groups excluding carboxylic acids is 1. The molecule has 1 aliphatic rings. The first kappa shape index (κ1) is 13.7. The molecular weight excluding hydrogens is 266 g/mol. The molecule has 0 spiro atoms. The van der Waals surface area contributed by atoms with Crippen molar-refractivity contribution in [2.45, 2.75) is 45.2 Å². The largest absolute Gasteiger partial charge is 0.329 e. The summed E-state index contributed by atoms with van der Waals surface area (Å²) in [5.41, 5.74) is 1.07. The van der Waals surface area contributed by atoms with Crippen LogP contribution in [-0.2, 0) is 6.54 Å². The van der Waals surface area contributed by atoms with Crippen molar-refractivity contribution >= 4 is 5.91 Å². The third-order valence-corrected chi connectivity index (χ3v) is 3.59. The fraction of sp³-hybridized carbons (Fsp3) is 0.467. The van der Waals surface area contributed by atoms with Crippen molar-refractivity contribution in [2.75, 3.05) is 0 Å². The summed E-state index contributed by atoms with van der Waals surface area (Å²) in [6.45, 7) is 4.62. The van der Waals surface area contributed by atoms with Crippen LogP contribution in [0.2, 0.25) is 0 Å². The van der Waals surface area contributed by atoms with Gasteiger partial charge < -0.3 is 4.90 Å². The lowest BCUT2D eigenvalue weighted by Gasteiger charge is -2.20. The molecule has 1 saturated carbocycles. The number of aromatic nitrogens is 4. The summed E-state index contributed by atoms with van der Waals surface area (Å²) in [5, 5.41) is 6.92. The zero-order chi connectivity index (χ0) is 14.8. The Balaban J connectivity index is 1.78. The molecule has 1 amide bonds. The van der Waals surface area contributed by atoms with Crippen LogP contribution in [-0.4, -0.2) is 37.0 Å². The highest BCUT2D eigenvalue weighted by Gasteiger charge is 2.34. The van der Waals surface area contributed by atoms with Crippen molar-refractivity contribution in [2.24, 2.45) is 0 Å². The molecule has 0 radical (unpaired) electrons. The molecule has 110 valence electrons. The lowest BCUT2D eigenvalue weighted by atomic mass is 10.2. The molecule has 21 heavy (non-hydrogen) atoms. The Morgan fingerprint density at radius 3 is 2.67 bits per heavy atom. The number of amides is 1. The first-order chi connectivity index (χ1) is 10.1. The first-order valence-electron chi connectivity index (χ1n) is 7.27. The molecule has 0 aliphatic heterocycles. The van der Waals surface area contributed by atoms with Crippen LogP contribution in [0, 0.1) is 0 Å². The predicted molar refractivity (Wildman–Crippen MR) is 77.6 cm³/mol. The Morgan fingerprint density at radius 1 is 1.38 bits per heavy atom. The van der Waals surface area contributed by atoms with Crippen LogP contribution in [0.5, 0.6) is 0 Å². The number of pyridine rings is 1. The molecule has 2 aromatic heterocycles. The Labute approximate surface area is 123 Å². The molecular formula is C15H19N5O. The van der Waals surface area contributed by atoms with Crippen molar-refractivity contribution in [3.8, 4) is 0 Å². The topological polar surface area (TPSA) is 74.8 Å². The molecule has 0 aromatic carbocycles. The van der Waals surface area contributed by atoms with Crippen molar-refractivity contribution in [1.82, 2.24) is 25.1 Å². The van der Waals surface area contributed by atoms with Gasteiger partial charge in [-0.3, -0.25) is 14.9 Å². The maximum absolute atomic E-state index is 12.6. The lowest BCUT2D eigenvalue weighted by molar-refractivity contribution is 0.0717. The molecule has 0 unspecified atom stereocenters. The van der Waals surface area contributed by atoms with Crippen LogP contribution in [0.1, 0.15) is 54.6 Å². The van der Waals surface area contributed by atoms with E-state index in [1.54, 1.807) is 12.4 Å². The molecule has 0 saturated heterocycles. The van der Waals surface area contributed by atoms with Gasteiger partial charge >= 0.3 is 0 Å². The molecule has 6 nitrogen and oxygen atoms in total. The molecule has 1 fully saturated rings. The van der Waals surface area contributed by atoms with E-state index in [0.717, 1.165) is 24.2 Å². The average Bonchev–Trinajstić information content (AvgIpc) is 3.20. The number of nitrogens with zero attached hydrogens (tertiary/aromatic N) is 4. The fourth-order valence-corrected chi connectivity index (χ4v) is 2.19. The zero-order valence-corrected chi connectivity index (χ0v) is 12.3. The Morgan fingerprint density at radius 2 is 2.10 bits per heavy atom. The van der Waals surface area contributed by atoms with Gasteiger partial charge in [0.15, 0.2) is 0 Å². The Bertz CT molecular complexity index is 618. The summed E-state index contributed by atoms with van der Waals surface area (Å²) < 4.78 is 0. The van der Waals surface area contributed by atoms with E-state index in [4.69, 9.17) is 0 Å². The molecule has 2 heterocycles. The van der Waals surface area contributed by atoms with E-state index in [-0.39, 0.29) is 17.6 Å².